The van der Waals surface area contributed by atoms with Crippen LogP contribution >= 0.6 is 69.6 Å². The highest BCUT2D eigenvalue weighted by Crippen LogP contribution is 2.22. The van der Waals surface area contributed by atoms with Crippen molar-refractivity contribution in [3.05, 3.63) is 229 Å². The molecule has 8 heterocycles. The molecule has 102 heavy (non-hydrogen) atoms. The number of guanidine groups is 3. The molecule has 0 aromatic carbocycles. The second-order valence-electron chi connectivity index (χ2n) is 21.9. The number of hydrazone groups is 2. The summed E-state index contributed by atoms with van der Waals surface area (Å²) in [5.41, 5.74) is 8.58. The van der Waals surface area contributed by atoms with Crippen LogP contribution in [-0.4, -0.2) is 216 Å². The van der Waals surface area contributed by atoms with Crippen molar-refractivity contribution in [1.29, 1.82) is 10.5 Å². The third-order valence-corrected chi connectivity index (χ3v) is 14.8. The first-order valence-corrected chi connectivity index (χ1v) is 32.5. The number of nitrogens with zero attached hydrogens (tertiary/aromatic N) is 25. The fourth-order valence-corrected chi connectivity index (χ4v) is 9.63. The van der Waals surface area contributed by atoms with Gasteiger partial charge >= 0.3 is 0 Å². The van der Waals surface area contributed by atoms with E-state index >= 15 is 0 Å². The molecule has 33 nitrogen and oxygen atoms in total. The molecule has 2 N–H and O–H groups in total. The lowest BCUT2D eigenvalue weighted by molar-refractivity contribution is -0.486. The third kappa shape index (κ3) is 32.2. The summed E-state index contributed by atoms with van der Waals surface area (Å²) < 4.78 is 0. The Labute approximate surface area is 622 Å². The van der Waals surface area contributed by atoms with Crippen LogP contribution in [0, 0.1) is 53.3 Å². The van der Waals surface area contributed by atoms with Crippen LogP contribution in [0.2, 0.25) is 30.9 Å². The number of nitriles is 2. The smallest absolute Gasteiger partial charge is 0.276 e. The fourth-order valence-electron chi connectivity index (χ4n) is 8.96. The first-order chi connectivity index (χ1) is 48.4. The molecule has 39 heteroatoms. The molecule has 0 radical (unpaired) electrons. The number of hydrogen-bond acceptors (Lipinski definition) is 21. The predicted octanol–water partition coefficient (Wildman–Crippen LogP) is 9.41. The van der Waals surface area contributed by atoms with Gasteiger partial charge < -0.3 is 54.7 Å². The van der Waals surface area contributed by atoms with Gasteiger partial charge in [0, 0.05) is 147 Å². The first kappa shape index (κ1) is 85.7. The Hall–Kier alpha value is -10.5. The van der Waals surface area contributed by atoms with E-state index in [-0.39, 0.29) is 5.96 Å². The molecular weight excluding hydrogens is 1440 g/mol. The fraction of sp³-hybridized carbons (Fsp3) is 0.349. The average molecular weight is 1520 g/mol. The molecule has 0 atom stereocenters. The molecule has 0 bridgehead atoms. The topological polar surface area (TPSA) is 360 Å². The van der Waals surface area contributed by atoms with Crippen LogP contribution in [0.4, 0.5) is 5.69 Å². The van der Waals surface area contributed by atoms with E-state index in [1.165, 1.54) is 0 Å². The lowest BCUT2D eigenvalue weighted by Gasteiger charge is -2.40. The van der Waals surface area contributed by atoms with E-state index in [1.807, 2.05) is 92.2 Å². The molecule has 0 amide bonds. The molecule has 2 aliphatic heterocycles. The average Bonchev–Trinajstić information content (AvgIpc) is 1.21. The van der Waals surface area contributed by atoms with Crippen LogP contribution in [0.1, 0.15) is 41.7 Å². The van der Waals surface area contributed by atoms with Crippen molar-refractivity contribution in [2.24, 2.45) is 20.2 Å². The van der Waals surface area contributed by atoms with Crippen molar-refractivity contribution >= 4 is 99.0 Å². The molecule has 8 rings (SSSR count). The van der Waals surface area contributed by atoms with E-state index in [0.29, 0.717) is 107 Å². The van der Waals surface area contributed by atoms with Crippen molar-refractivity contribution in [3.63, 3.8) is 0 Å². The molecular formula is C63H79Cl6N27O6. The lowest BCUT2D eigenvalue weighted by Crippen LogP contribution is -2.56. The SMILES string of the molecule is C=C=C(NC)N(CC)Cc1ccc(Cl)nc1.CC(=NC#N)N(C)Cc1ccc(Cl)nc1.CN(C)/C(=N\[N+](=O)[O-])N(C)Cc1ccc(Cl)nc1.CN(C)C(=NC#N)N(C)Cc1ccc(Cl)nc1.CN1CN(C)/C(=N\[N+](=O)[O-])N(Cc2ccc(Cl)nc2)C1.O=[N+]([O-])/C=C1\NCCN1c1ccc(Cl)nc1. The minimum atomic E-state index is -0.716. The summed E-state index contributed by atoms with van der Waals surface area (Å²) in [4.78, 5) is 80.6. The zero-order valence-electron chi connectivity index (χ0n) is 58.1. The zero-order chi connectivity index (χ0) is 76.0. The Bertz CT molecular complexity index is 3920. The summed E-state index contributed by atoms with van der Waals surface area (Å²) in [6, 6.07) is 21.5. The predicted molar refractivity (Wildman–Crippen MR) is 397 cm³/mol. The standard InChI is InChI=1S/C12H16ClN3.C11H15ClN6O2.C11H14ClN5.C10H14ClN5O2.C10H11ClN4.C9H9ClN4O2/c1-4-12(14-3)16(5-2)9-10-6-7-11(13)15-8-10;1-15-7-16(2)11(14-18(19)20)17(8-15)6-9-3-4-10(12)13-5-9;1-16(2)11(15-8-13)17(3)7-9-4-5-10(12)14-6-9;1-14(2)10(13-16(17)18)15(3)7-8-4-5-9(11)12-6-8;1-8(14-7-12)15(2)6-9-3-4-10(11)13-5-9;10-8-2-1-7(5-12-8)13-4-3-11-9(13)6-14(15)16/h6-8,14H,1,5,9H2,2-3H3;3-5H,6-8H2,1-2H3;4-6H,7H2,1-3H3;4-6H,7H2,1-3H3;3-5H,6H2,1-2H3;1-2,5-6,11H,3-4H2/b;14-11+;;13-10+;;9-6+. The number of amidine groups is 1. The van der Waals surface area contributed by atoms with Crippen LogP contribution in [0.25, 0.3) is 0 Å². The Kier molecular flexibility index (Phi) is 38.1. The van der Waals surface area contributed by atoms with Gasteiger partial charge in [0.2, 0.25) is 18.3 Å². The maximum atomic E-state index is 10.7. The number of anilines is 1. The molecule has 0 spiro atoms. The van der Waals surface area contributed by atoms with Gasteiger partial charge in [0.05, 0.1) is 30.1 Å². The van der Waals surface area contributed by atoms with Crippen molar-refractivity contribution in [2.75, 3.05) is 108 Å². The number of halogens is 6. The zero-order valence-corrected chi connectivity index (χ0v) is 62.7. The normalized spacial score (nSPS) is 13.3. The molecule has 0 saturated carbocycles. The Morgan fingerprint density at radius 2 is 1.06 bits per heavy atom. The van der Waals surface area contributed by atoms with Gasteiger partial charge in [-0.25, -0.2) is 50.1 Å². The Morgan fingerprint density at radius 3 is 1.43 bits per heavy atom. The van der Waals surface area contributed by atoms with E-state index in [2.05, 4.69) is 84.9 Å². The second-order valence-corrected chi connectivity index (χ2v) is 24.2. The summed E-state index contributed by atoms with van der Waals surface area (Å²) in [7, 11) is 18.1. The maximum Gasteiger partial charge on any atom is 0.276 e. The van der Waals surface area contributed by atoms with E-state index in [9.17, 15) is 30.3 Å². The maximum absolute atomic E-state index is 10.7. The van der Waals surface area contributed by atoms with Gasteiger partial charge in [-0.15, -0.1) is 4.99 Å². The first-order valence-electron chi connectivity index (χ1n) is 30.2. The van der Waals surface area contributed by atoms with Gasteiger partial charge in [-0.05, 0) is 91.2 Å². The highest BCUT2D eigenvalue weighted by atomic mass is 35.5. The minimum Gasteiger partial charge on any atom is -0.368 e. The van der Waals surface area contributed by atoms with Gasteiger partial charge in [-0.2, -0.15) is 15.5 Å². The summed E-state index contributed by atoms with van der Waals surface area (Å²) in [5, 5.41) is 62.6. The third-order valence-electron chi connectivity index (χ3n) is 13.5. The summed E-state index contributed by atoms with van der Waals surface area (Å²) in [5.74, 6) is 3.22. The van der Waals surface area contributed by atoms with E-state index in [4.69, 9.17) is 80.1 Å². The molecule has 6 aromatic rings. The van der Waals surface area contributed by atoms with Crippen molar-refractivity contribution in [1.82, 2.24) is 84.6 Å². The minimum absolute atomic E-state index is 0.259. The highest BCUT2D eigenvalue weighted by Gasteiger charge is 2.28. The van der Waals surface area contributed by atoms with E-state index < -0.39 is 15.0 Å². The summed E-state index contributed by atoms with van der Waals surface area (Å²) >= 11 is 34.2. The van der Waals surface area contributed by atoms with Crippen LogP contribution in [0.5, 0.6) is 0 Å². The Balaban J connectivity index is 0.000000319. The van der Waals surface area contributed by atoms with Crippen molar-refractivity contribution in [2.45, 2.75) is 46.6 Å². The van der Waals surface area contributed by atoms with Crippen molar-refractivity contribution in [3.8, 4) is 12.4 Å². The quantitative estimate of drug-likeness (QED) is 0.0163. The van der Waals surface area contributed by atoms with Crippen molar-refractivity contribution < 1.29 is 15.0 Å². The molecule has 2 aliphatic rings. The molecule has 0 aliphatic carbocycles. The van der Waals surface area contributed by atoms with Crippen LogP contribution in [-0.2, 0) is 32.7 Å². The number of aromatic nitrogens is 6. The molecule has 2 fully saturated rings. The monoisotopic (exact) mass is 1520 g/mol. The molecule has 0 unspecified atom stereocenters. The summed E-state index contributed by atoms with van der Waals surface area (Å²) in [6.07, 6.45) is 14.5. The highest BCUT2D eigenvalue weighted by molar-refractivity contribution is 6.30. The van der Waals surface area contributed by atoms with E-state index in [1.54, 1.807) is 152 Å². The van der Waals surface area contributed by atoms with Crippen LogP contribution in [0.3, 0.4) is 0 Å². The number of nitrogens with one attached hydrogen (secondary N) is 2. The second kappa shape index (κ2) is 45.3. The molecule has 544 valence electrons. The number of pyridine rings is 6. The number of nitro groups is 3. The Morgan fingerprint density at radius 1 is 0.627 bits per heavy atom. The number of rotatable bonds is 17. The summed E-state index contributed by atoms with van der Waals surface area (Å²) in [6.45, 7) is 13.8. The van der Waals surface area contributed by atoms with Crippen LogP contribution in [0.15, 0.2) is 160 Å². The molecule has 2 saturated heterocycles. The van der Waals surface area contributed by atoms with Gasteiger partial charge in [0.1, 0.15) is 52.8 Å². The number of hydrogen-bond donors (Lipinski definition) is 2. The van der Waals surface area contributed by atoms with Gasteiger partial charge in [0.15, 0.2) is 15.9 Å². The molecule has 6 aromatic heterocycles. The van der Waals surface area contributed by atoms with Gasteiger partial charge in [-0.3, -0.25) is 15.0 Å². The largest absolute Gasteiger partial charge is 0.368 e. The number of aliphatic imine (C=N–C) groups is 2. The van der Waals surface area contributed by atoms with Gasteiger partial charge in [0.25, 0.3) is 18.1 Å². The van der Waals surface area contributed by atoms with E-state index in [0.717, 1.165) is 58.6 Å². The lowest BCUT2D eigenvalue weighted by atomic mass is 10.2. The van der Waals surface area contributed by atoms with Crippen LogP contribution < -0.4 is 15.5 Å². The van der Waals surface area contributed by atoms with Gasteiger partial charge in [-0.1, -0.05) is 112 Å².